The molecule has 0 bridgehead atoms. The average molecular weight is 192 g/mol. The molecule has 0 heterocycles. The Hall–Kier alpha value is -1.51. The van der Waals surface area contributed by atoms with Gasteiger partial charge in [0.1, 0.15) is 0 Å². The molecule has 3 nitrogen and oxygen atoms in total. The molecule has 0 saturated heterocycles. The lowest BCUT2D eigenvalue weighted by Crippen LogP contribution is -2.27. The quantitative estimate of drug-likeness (QED) is 0.714. The number of nitrogens with one attached hydrogen (secondary N) is 1. The van der Waals surface area contributed by atoms with Gasteiger partial charge in [0.05, 0.1) is 0 Å². The standard InChI is InChI=1S/C11H16N2O/c1-8(2)11(14)13-7-9-3-5-10(12)6-4-9/h3-6,8H,7,12H2,1-2H3,(H,13,14). The van der Waals surface area contributed by atoms with Gasteiger partial charge in [-0.3, -0.25) is 4.79 Å². The Morgan fingerprint density at radius 3 is 2.43 bits per heavy atom. The van der Waals surface area contributed by atoms with Crippen molar-refractivity contribution in [2.75, 3.05) is 5.73 Å². The Labute approximate surface area is 84.3 Å². The van der Waals surface area contributed by atoms with Crippen molar-refractivity contribution in [3.05, 3.63) is 29.8 Å². The number of nitrogens with two attached hydrogens (primary N) is 1. The third kappa shape index (κ3) is 3.09. The molecule has 0 radical (unpaired) electrons. The van der Waals surface area contributed by atoms with Crippen LogP contribution >= 0.6 is 0 Å². The van der Waals surface area contributed by atoms with Crippen LogP contribution in [0.4, 0.5) is 5.69 Å². The van der Waals surface area contributed by atoms with Crippen molar-refractivity contribution in [3.63, 3.8) is 0 Å². The molecular formula is C11H16N2O. The molecule has 14 heavy (non-hydrogen) atoms. The first-order valence-electron chi connectivity index (χ1n) is 4.71. The van der Waals surface area contributed by atoms with Crippen LogP contribution in [0.5, 0.6) is 0 Å². The van der Waals surface area contributed by atoms with Gasteiger partial charge >= 0.3 is 0 Å². The van der Waals surface area contributed by atoms with E-state index in [2.05, 4.69) is 5.32 Å². The van der Waals surface area contributed by atoms with Crippen LogP contribution in [0.1, 0.15) is 19.4 Å². The Kier molecular flexibility index (Phi) is 3.51. The zero-order chi connectivity index (χ0) is 10.6. The fourth-order valence-corrected chi connectivity index (χ4v) is 1.03. The number of benzene rings is 1. The minimum absolute atomic E-state index is 0.0313. The number of carbonyl (C=O) groups is 1. The first kappa shape index (κ1) is 10.6. The van der Waals surface area contributed by atoms with E-state index in [1.807, 2.05) is 38.1 Å². The molecule has 1 rings (SSSR count). The third-order valence-corrected chi connectivity index (χ3v) is 1.97. The summed E-state index contributed by atoms with van der Waals surface area (Å²) < 4.78 is 0. The molecule has 1 aromatic rings. The van der Waals surface area contributed by atoms with Gasteiger partial charge in [-0.15, -0.1) is 0 Å². The van der Waals surface area contributed by atoms with Crippen LogP contribution in [0.2, 0.25) is 0 Å². The minimum atomic E-state index is 0.0313. The SMILES string of the molecule is CC(C)C(=O)NCc1ccc(N)cc1. The van der Waals surface area contributed by atoms with E-state index in [0.29, 0.717) is 6.54 Å². The molecule has 0 fully saturated rings. The predicted molar refractivity (Wildman–Crippen MR) is 57.5 cm³/mol. The van der Waals surface area contributed by atoms with Crippen LogP contribution < -0.4 is 11.1 Å². The van der Waals surface area contributed by atoms with Gasteiger partial charge < -0.3 is 11.1 Å². The van der Waals surface area contributed by atoms with E-state index in [0.717, 1.165) is 11.3 Å². The van der Waals surface area contributed by atoms with Crippen LogP contribution in [0.15, 0.2) is 24.3 Å². The lowest BCUT2D eigenvalue weighted by atomic mass is 10.2. The van der Waals surface area contributed by atoms with Gasteiger partial charge in [0.15, 0.2) is 0 Å². The van der Waals surface area contributed by atoms with Crippen molar-refractivity contribution in [3.8, 4) is 0 Å². The molecule has 0 saturated carbocycles. The molecule has 0 aliphatic rings. The molecule has 1 amide bonds. The molecule has 3 heteroatoms. The largest absolute Gasteiger partial charge is 0.399 e. The summed E-state index contributed by atoms with van der Waals surface area (Å²) >= 11 is 0. The molecule has 0 unspecified atom stereocenters. The fourth-order valence-electron chi connectivity index (χ4n) is 1.03. The van der Waals surface area contributed by atoms with Gasteiger partial charge in [0, 0.05) is 18.2 Å². The Morgan fingerprint density at radius 1 is 1.36 bits per heavy atom. The average Bonchev–Trinajstić information content (AvgIpc) is 2.16. The summed E-state index contributed by atoms with van der Waals surface area (Å²) in [6.45, 7) is 4.31. The van der Waals surface area contributed by atoms with E-state index >= 15 is 0 Å². The summed E-state index contributed by atoms with van der Waals surface area (Å²) in [6, 6.07) is 7.49. The summed E-state index contributed by atoms with van der Waals surface area (Å²) in [5.74, 6) is 0.102. The molecule has 0 aromatic heterocycles. The lowest BCUT2D eigenvalue weighted by molar-refractivity contribution is -0.124. The Balaban J connectivity index is 2.46. The molecule has 0 spiro atoms. The second-order valence-corrected chi connectivity index (χ2v) is 3.61. The van der Waals surface area contributed by atoms with Crippen molar-refractivity contribution >= 4 is 11.6 Å². The lowest BCUT2D eigenvalue weighted by Gasteiger charge is -2.07. The maximum Gasteiger partial charge on any atom is 0.222 e. The number of hydrogen-bond donors (Lipinski definition) is 2. The van der Waals surface area contributed by atoms with Gasteiger partial charge in [-0.05, 0) is 17.7 Å². The van der Waals surface area contributed by atoms with Crippen LogP contribution in [0, 0.1) is 5.92 Å². The number of amides is 1. The summed E-state index contributed by atoms with van der Waals surface area (Å²) in [5.41, 5.74) is 7.35. The molecule has 76 valence electrons. The number of carbonyl (C=O) groups excluding carboxylic acids is 1. The van der Waals surface area contributed by atoms with Crippen LogP contribution in [0.3, 0.4) is 0 Å². The minimum Gasteiger partial charge on any atom is -0.399 e. The van der Waals surface area contributed by atoms with E-state index in [4.69, 9.17) is 5.73 Å². The number of rotatable bonds is 3. The van der Waals surface area contributed by atoms with E-state index in [9.17, 15) is 4.79 Å². The van der Waals surface area contributed by atoms with Crippen LogP contribution in [-0.4, -0.2) is 5.91 Å². The number of anilines is 1. The van der Waals surface area contributed by atoms with E-state index in [1.165, 1.54) is 0 Å². The summed E-state index contributed by atoms with van der Waals surface area (Å²) in [5, 5.41) is 2.84. The first-order valence-corrected chi connectivity index (χ1v) is 4.71. The molecule has 0 aliphatic carbocycles. The second kappa shape index (κ2) is 4.65. The smallest absolute Gasteiger partial charge is 0.222 e. The number of hydrogen-bond acceptors (Lipinski definition) is 2. The zero-order valence-corrected chi connectivity index (χ0v) is 8.58. The van der Waals surface area contributed by atoms with Crippen molar-refractivity contribution < 1.29 is 4.79 Å². The molecule has 1 aromatic carbocycles. The predicted octanol–water partition coefficient (Wildman–Crippen LogP) is 1.54. The summed E-state index contributed by atoms with van der Waals surface area (Å²) in [4.78, 5) is 11.2. The molecule has 0 atom stereocenters. The van der Waals surface area contributed by atoms with Gasteiger partial charge in [-0.25, -0.2) is 0 Å². The highest BCUT2D eigenvalue weighted by Gasteiger charge is 2.05. The fraction of sp³-hybridized carbons (Fsp3) is 0.364. The van der Waals surface area contributed by atoms with Gasteiger partial charge in [0.25, 0.3) is 0 Å². The normalized spacial score (nSPS) is 10.2. The zero-order valence-electron chi connectivity index (χ0n) is 8.58. The van der Waals surface area contributed by atoms with Crippen molar-refractivity contribution in [2.24, 2.45) is 5.92 Å². The number of nitrogen functional groups attached to an aromatic ring is 1. The van der Waals surface area contributed by atoms with Gasteiger partial charge in [-0.1, -0.05) is 26.0 Å². The molecule has 3 N–H and O–H groups in total. The van der Waals surface area contributed by atoms with Crippen molar-refractivity contribution in [1.82, 2.24) is 5.32 Å². The highest BCUT2D eigenvalue weighted by Crippen LogP contribution is 2.05. The maximum absolute atomic E-state index is 11.2. The van der Waals surface area contributed by atoms with Crippen LogP contribution in [-0.2, 0) is 11.3 Å². The third-order valence-electron chi connectivity index (χ3n) is 1.97. The maximum atomic E-state index is 11.2. The Bertz CT molecular complexity index is 304. The summed E-state index contributed by atoms with van der Waals surface area (Å²) in [6.07, 6.45) is 0. The van der Waals surface area contributed by atoms with Crippen molar-refractivity contribution in [1.29, 1.82) is 0 Å². The highest BCUT2D eigenvalue weighted by atomic mass is 16.1. The van der Waals surface area contributed by atoms with Gasteiger partial charge in [0.2, 0.25) is 5.91 Å². The van der Waals surface area contributed by atoms with E-state index < -0.39 is 0 Å². The monoisotopic (exact) mass is 192 g/mol. The Morgan fingerprint density at radius 2 is 1.93 bits per heavy atom. The van der Waals surface area contributed by atoms with E-state index in [1.54, 1.807) is 0 Å². The second-order valence-electron chi connectivity index (χ2n) is 3.61. The topological polar surface area (TPSA) is 55.1 Å². The summed E-state index contributed by atoms with van der Waals surface area (Å²) in [7, 11) is 0. The van der Waals surface area contributed by atoms with Gasteiger partial charge in [-0.2, -0.15) is 0 Å². The van der Waals surface area contributed by atoms with Crippen molar-refractivity contribution in [2.45, 2.75) is 20.4 Å². The first-order chi connectivity index (χ1) is 6.59. The van der Waals surface area contributed by atoms with E-state index in [-0.39, 0.29) is 11.8 Å². The molecule has 0 aliphatic heterocycles. The molecular weight excluding hydrogens is 176 g/mol. The highest BCUT2D eigenvalue weighted by molar-refractivity contribution is 5.77. The van der Waals surface area contributed by atoms with Crippen LogP contribution in [0.25, 0.3) is 0 Å².